The molecule has 0 aromatic rings. The summed E-state index contributed by atoms with van der Waals surface area (Å²) in [6.07, 6.45) is 1.53. The summed E-state index contributed by atoms with van der Waals surface area (Å²) < 4.78 is 4.63. The lowest BCUT2D eigenvalue weighted by Crippen LogP contribution is -2.11. The summed E-state index contributed by atoms with van der Waals surface area (Å²) in [6, 6.07) is 0. The fraction of sp³-hybridized carbons (Fsp3) is 0.429. The predicted octanol–water partition coefficient (Wildman–Crippen LogP) is 1.19. The molecule has 0 aliphatic rings. The van der Waals surface area contributed by atoms with Gasteiger partial charge in [0.15, 0.2) is 0 Å². The van der Waals surface area contributed by atoms with Crippen molar-refractivity contribution in [2.24, 2.45) is 5.92 Å². The molecule has 2 nitrogen and oxygen atoms in total. The molecule has 0 N–H and O–H groups in total. The fourth-order valence-corrected chi connectivity index (χ4v) is 0.283. The summed E-state index contributed by atoms with van der Waals surface area (Å²) in [4.78, 5) is 10.6. The highest BCUT2D eigenvalue weighted by molar-refractivity contribution is 5.72. The molecular weight excluding hydrogens is 116 g/mol. The maximum absolute atomic E-state index is 10.6. The van der Waals surface area contributed by atoms with Gasteiger partial charge in [-0.3, -0.25) is 4.79 Å². The molecule has 1 atom stereocenters. The standard InChI is InChI=1S/C7H11O2/c1-4-5-9-7(8)6(2)3/h4,6H,1-2,5H2,3H3. The van der Waals surface area contributed by atoms with E-state index in [0.717, 1.165) is 0 Å². The van der Waals surface area contributed by atoms with Crippen molar-refractivity contribution in [3.8, 4) is 0 Å². The minimum Gasteiger partial charge on any atom is -0.461 e. The van der Waals surface area contributed by atoms with Crippen LogP contribution in [0.2, 0.25) is 0 Å². The summed E-state index contributed by atoms with van der Waals surface area (Å²) in [5.41, 5.74) is 0. The largest absolute Gasteiger partial charge is 0.461 e. The Morgan fingerprint density at radius 1 is 1.89 bits per heavy atom. The lowest BCUT2D eigenvalue weighted by molar-refractivity contribution is -0.145. The molecule has 1 unspecified atom stereocenters. The lowest BCUT2D eigenvalue weighted by atomic mass is 10.2. The Morgan fingerprint density at radius 3 is 2.78 bits per heavy atom. The molecule has 0 fully saturated rings. The van der Waals surface area contributed by atoms with E-state index < -0.39 is 0 Å². The summed E-state index contributed by atoms with van der Waals surface area (Å²) in [5.74, 6) is -0.570. The first-order chi connectivity index (χ1) is 4.18. The van der Waals surface area contributed by atoms with Gasteiger partial charge in [-0.05, 0) is 6.92 Å². The van der Waals surface area contributed by atoms with Gasteiger partial charge in [0.05, 0.1) is 5.92 Å². The molecule has 0 aliphatic carbocycles. The first-order valence-corrected chi connectivity index (χ1v) is 2.79. The Bertz CT molecular complexity index is 105. The van der Waals surface area contributed by atoms with Crippen LogP contribution in [-0.4, -0.2) is 12.6 Å². The summed E-state index contributed by atoms with van der Waals surface area (Å²) in [6.45, 7) is 8.84. The third-order valence-corrected chi connectivity index (χ3v) is 0.746. The zero-order valence-corrected chi connectivity index (χ0v) is 5.59. The number of ether oxygens (including phenoxy) is 1. The topological polar surface area (TPSA) is 26.3 Å². The van der Waals surface area contributed by atoms with Crippen LogP contribution in [0.1, 0.15) is 6.92 Å². The summed E-state index contributed by atoms with van der Waals surface area (Å²) in [5, 5.41) is 0. The molecule has 9 heavy (non-hydrogen) atoms. The molecular formula is C7H11O2. The molecule has 0 aliphatic heterocycles. The summed E-state index contributed by atoms with van der Waals surface area (Å²) >= 11 is 0. The van der Waals surface area contributed by atoms with Gasteiger partial charge in [-0.2, -0.15) is 0 Å². The highest BCUT2D eigenvalue weighted by atomic mass is 16.5. The molecule has 1 radical (unpaired) electrons. The molecule has 0 rings (SSSR count). The van der Waals surface area contributed by atoms with Crippen LogP contribution in [0.5, 0.6) is 0 Å². The van der Waals surface area contributed by atoms with Crippen molar-refractivity contribution in [2.45, 2.75) is 6.92 Å². The first-order valence-electron chi connectivity index (χ1n) is 2.79. The van der Waals surface area contributed by atoms with Crippen LogP contribution in [-0.2, 0) is 9.53 Å². The average Bonchev–Trinajstić information content (AvgIpc) is 1.82. The second-order valence-corrected chi connectivity index (χ2v) is 1.82. The minimum atomic E-state index is -0.287. The van der Waals surface area contributed by atoms with E-state index in [1.807, 2.05) is 0 Å². The Balaban J connectivity index is 3.38. The molecule has 0 heterocycles. The molecule has 0 amide bonds. The van der Waals surface area contributed by atoms with Crippen molar-refractivity contribution in [1.29, 1.82) is 0 Å². The molecule has 0 spiro atoms. The number of hydrogen-bond donors (Lipinski definition) is 0. The van der Waals surface area contributed by atoms with Gasteiger partial charge >= 0.3 is 5.97 Å². The Morgan fingerprint density at radius 2 is 2.44 bits per heavy atom. The van der Waals surface area contributed by atoms with E-state index in [9.17, 15) is 4.79 Å². The average molecular weight is 127 g/mol. The monoisotopic (exact) mass is 127 g/mol. The molecule has 0 aromatic carbocycles. The number of hydrogen-bond acceptors (Lipinski definition) is 2. The normalized spacial score (nSPS) is 9.22. The van der Waals surface area contributed by atoms with Gasteiger partial charge in [0.2, 0.25) is 0 Å². The third-order valence-electron chi connectivity index (χ3n) is 0.746. The van der Waals surface area contributed by atoms with Gasteiger partial charge in [-0.25, -0.2) is 0 Å². The van der Waals surface area contributed by atoms with Crippen LogP contribution in [0.15, 0.2) is 12.7 Å². The van der Waals surface area contributed by atoms with Crippen molar-refractivity contribution in [3.05, 3.63) is 19.6 Å². The van der Waals surface area contributed by atoms with Crippen molar-refractivity contribution < 1.29 is 9.53 Å². The van der Waals surface area contributed by atoms with Gasteiger partial charge in [-0.1, -0.05) is 19.6 Å². The molecule has 0 aromatic heterocycles. The van der Waals surface area contributed by atoms with E-state index >= 15 is 0 Å². The number of rotatable bonds is 3. The number of carbonyl (C=O) groups excluding carboxylic acids is 1. The zero-order valence-electron chi connectivity index (χ0n) is 5.59. The van der Waals surface area contributed by atoms with Crippen LogP contribution < -0.4 is 0 Å². The van der Waals surface area contributed by atoms with Crippen molar-refractivity contribution >= 4 is 5.97 Å². The second kappa shape index (κ2) is 4.13. The number of esters is 1. The molecule has 0 saturated heterocycles. The first kappa shape index (κ1) is 8.21. The Labute approximate surface area is 55.5 Å². The Kier molecular flexibility index (Phi) is 3.76. The van der Waals surface area contributed by atoms with Crippen LogP contribution in [0, 0.1) is 12.8 Å². The van der Waals surface area contributed by atoms with Crippen LogP contribution in [0.4, 0.5) is 0 Å². The van der Waals surface area contributed by atoms with Crippen molar-refractivity contribution in [2.75, 3.05) is 6.61 Å². The van der Waals surface area contributed by atoms with E-state index in [1.165, 1.54) is 6.08 Å². The highest BCUT2D eigenvalue weighted by Gasteiger charge is 2.05. The van der Waals surface area contributed by atoms with Crippen LogP contribution >= 0.6 is 0 Å². The minimum absolute atomic E-state index is 0.276. The Hall–Kier alpha value is -0.790. The molecule has 51 valence electrons. The van der Waals surface area contributed by atoms with Gasteiger partial charge in [0.25, 0.3) is 0 Å². The number of carbonyl (C=O) groups is 1. The van der Waals surface area contributed by atoms with E-state index in [2.05, 4.69) is 18.2 Å². The molecule has 0 saturated carbocycles. The predicted molar refractivity (Wildman–Crippen MR) is 35.7 cm³/mol. The van der Waals surface area contributed by atoms with Crippen molar-refractivity contribution in [1.82, 2.24) is 0 Å². The molecule has 2 heteroatoms. The maximum Gasteiger partial charge on any atom is 0.308 e. The second-order valence-electron chi connectivity index (χ2n) is 1.82. The zero-order chi connectivity index (χ0) is 7.28. The maximum atomic E-state index is 10.6. The van der Waals surface area contributed by atoms with Crippen molar-refractivity contribution in [3.63, 3.8) is 0 Å². The highest BCUT2D eigenvalue weighted by Crippen LogP contribution is 1.93. The van der Waals surface area contributed by atoms with Gasteiger partial charge in [0.1, 0.15) is 6.61 Å². The summed E-state index contributed by atoms with van der Waals surface area (Å²) in [7, 11) is 0. The van der Waals surface area contributed by atoms with Gasteiger partial charge in [-0.15, -0.1) is 0 Å². The SMILES string of the molecule is [CH2]C(C)C(=O)OCC=C. The smallest absolute Gasteiger partial charge is 0.308 e. The van der Waals surface area contributed by atoms with Gasteiger partial charge < -0.3 is 4.74 Å². The fourth-order valence-electron chi connectivity index (χ4n) is 0.283. The third kappa shape index (κ3) is 3.76. The lowest BCUT2D eigenvalue weighted by Gasteiger charge is -2.02. The van der Waals surface area contributed by atoms with E-state index in [1.54, 1.807) is 6.92 Å². The quantitative estimate of drug-likeness (QED) is 0.420. The van der Waals surface area contributed by atoms with E-state index in [-0.39, 0.29) is 18.5 Å². The van der Waals surface area contributed by atoms with E-state index in [4.69, 9.17) is 0 Å². The van der Waals surface area contributed by atoms with E-state index in [0.29, 0.717) is 0 Å². The van der Waals surface area contributed by atoms with Gasteiger partial charge in [0, 0.05) is 0 Å². The van der Waals surface area contributed by atoms with Crippen LogP contribution in [0.25, 0.3) is 0 Å². The molecule has 0 bridgehead atoms. The van der Waals surface area contributed by atoms with Crippen LogP contribution in [0.3, 0.4) is 0 Å².